The van der Waals surface area contributed by atoms with Crippen LogP contribution in [0.1, 0.15) is 58.8 Å². The number of ketones is 2. The number of aliphatic hydroxyl groups is 1. The van der Waals surface area contributed by atoms with Crippen LogP contribution in [-0.4, -0.2) is 22.8 Å². The van der Waals surface area contributed by atoms with Crippen molar-refractivity contribution in [3.8, 4) is 0 Å². The van der Waals surface area contributed by atoms with Crippen LogP contribution in [-0.2, 0) is 9.59 Å². The number of aliphatic hydroxyl groups excluding tert-OH is 1. The molecule has 0 aromatic carbocycles. The molecule has 120 valence electrons. The fraction of sp³-hybridized carbons (Fsp3) is 0.789. The van der Waals surface area contributed by atoms with E-state index in [1.807, 2.05) is 6.92 Å². The van der Waals surface area contributed by atoms with E-state index in [1.165, 1.54) is 5.57 Å². The van der Waals surface area contributed by atoms with Gasteiger partial charge in [0.05, 0.1) is 6.10 Å². The molecule has 3 nitrogen and oxygen atoms in total. The summed E-state index contributed by atoms with van der Waals surface area (Å²) in [4.78, 5) is 25.4. The van der Waals surface area contributed by atoms with E-state index < -0.39 is 5.41 Å². The quantitative estimate of drug-likeness (QED) is 0.700. The number of Topliss-reactive ketones (excluding diaryl/α,β-unsaturated/α-hetero) is 2. The van der Waals surface area contributed by atoms with Gasteiger partial charge >= 0.3 is 0 Å². The van der Waals surface area contributed by atoms with Crippen LogP contribution in [0.15, 0.2) is 11.6 Å². The van der Waals surface area contributed by atoms with Gasteiger partial charge in [0.2, 0.25) is 0 Å². The van der Waals surface area contributed by atoms with Gasteiger partial charge in [0.25, 0.3) is 0 Å². The monoisotopic (exact) mass is 302 g/mol. The van der Waals surface area contributed by atoms with Crippen molar-refractivity contribution < 1.29 is 14.7 Å². The summed E-state index contributed by atoms with van der Waals surface area (Å²) in [6.45, 7) is 4.27. The van der Waals surface area contributed by atoms with Crippen molar-refractivity contribution in [3.05, 3.63) is 11.6 Å². The summed E-state index contributed by atoms with van der Waals surface area (Å²) >= 11 is 0. The average Bonchev–Trinajstić information content (AvgIpc) is 2.75. The smallest absolute Gasteiger partial charge is 0.139 e. The van der Waals surface area contributed by atoms with E-state index in [-0.39, 0.29) is 17.4 Å². The normalized spacial score (nSPS) is 51.0. The zero-order valence-corrected chi connectivity index (χ0v) is 13.6. The number of allylic oxidation sites excluding steroid dienone is 1. The van der Waals surface area contributed by atoms with Crippen LogP contribution in [0.3, 0.4) is 0 Å². The molecule has 22 heavy (non-hydrogen) atoms. The summed E-state index contributed by atoms with van der Waals surface area (Å²) in [5.74, 6) is 1.40. The van der Waals surface area contributed by atoms with E-state index >= 15 is 0 Å². The molecule has 3 saturated carbocycles. The molecule has 0 heterocycles. The lowest BCUT2D eigenvalue weighted by molar-refractivity contribution is -0.148. The molecule has 0 amide bonds. The van der Waals surface area contributed by atoms with Gasteiger partial charge < -0.3 is 5.11 Å². The van der Waals surface area contributed by atoms with E-state index in [2.05, 4.69) is 13.0 Å². The van der Waals surface area contributed by atoms with Gasteiger partial charge in [0.15, 0.2) is 0 Å². The largest absolute Gasteiger partial charge is 0.393 e. The fourth-order valence-electron chi connectivity index (χ4n) is 6.25. The highest BCUT2D eigenvalue weighted by Gasteiger charge is 2.61. The van der Waals surface area contributed by atoms with E-state index in [9.17, 15) is 14.7 Å². The third kappa shape index (κ3) is 1.72. The molecule has 0 radical (unpaired) electrons. The van der Waals surface area contributed by atoms with Crippen molar-refractivity contribution in [1.82, 2.24) is 0 Å². The summed E-state index contributed by atoms with van der Waals surface area (Å²) in [7, 11) is 0. The Labute approximate surface area is 132 Å². The maximum Gasteiger partial charge on any atom is 0.139 e. The Morgan fingerprint density at radius 2 is 1.95 bits per heavy atom. The Kier molecular flexibility index (Phi) is 3.01. The minimum atomic E-state index is -0.395. The number of hydrogen-bond acceptors (Lipinski definition) is 3. The molecule has 0 aromatic heterocycles. The Bertz CT molecular complexity index is 577. The first-order chi connectivity index (χ1) is 10.4. The lowest BCUT2D eigenvalue weighted by Gasteiger charge is -2.55. The fourth-order valence-corrected chi connectivity index (χ4v) is 6.25. The second kappa shape index (κ2) is 4.53. The van der Waals surface area contributed by atoms with Gasteiger partial charge in [0, 0.05) is 24.2 Å². The van der Waals surface area contributed by atoms with Crippen molar-refractivity contribution in [2.45, 2.75) is 64.9 Å². The van der Waals surface area contributed by atoms with Crippen molar-refractivity contribution in [2.75, 3.05) is 0 Å². The lowest BCUT2D eigenvalue weighted by Crippen LogP contribution is -2.54. The van der Waals surface area contributed by atoms with Crippen LogP contribution >= 0.6 is 0 Å². The van der Waals surface area contributed by atoms with E-state index in [1.54, 1.807) is 0 Å². The Morgan fingerprint density at radius 1 is 1.18 bits per heavy atom. The summed E-state index contributed by atoms with van der Waals surface area (Å²) in [5, 5.41) is 9.98. The molecule has 4 rings (SSSR count). The van der Waals surface area contributed by atoms with Crippen molar-refractivity contribution in [3.63, 3.8) is 0 Å². The lowest BCUT2D eigenvalue weighted by atomic mass is 9.47. The van der Waals surface area contributed by atoms with Crippen LogP contribution in [0.25, 0.3) is 0 Å². The average molecular weight is 302 g/mol. The molecule has 1 N–H and O–H groups in total. The van der Waals surface area contributed by atoms with Crippen LogP contribution in [0.5, 0.6) is 0 Å². The van der Waals surface area contributed by atoms with Gasteiger partial charge in [-0.1, -0.05) is 25.5 Å². The molecule has 0 aliphatic heterocycles. The second-order valence-corrected chi connectivity index (χ2v) is 8.55. The number of fused-ring (bicyclic) bond motifs is 5. The molecule has 4 aliphatic carbocycles. The van der Waals surface area contributed by atoms with Crippen molar-refractivity contribution in [1.29, 1.82) is 0 Å². The van der Waals surface area contributed by atoms with E-state index in [0.717, 1.165) is 32.1 Å². The highest BCUT2D eigenvalue weighted by Crippen LogP contribution is 2.62. The zero-order valence-electron chi connectivity index (χ0n) is 13.6. The van der Waals surface area contributed by atoms with Crippen LogP contribution in [0.2, 0.25) is 0 Å². The molecule has 0 spiro atoms. The first-order valence-electron chi connectivity index (χ1n) is 8.80. The third-order valence-electron chi connectivity index (χ3n) is 7.48. The summed E-state index contributed by atoms with van der Waals surface area (Å²) in [5.41, 5.74) is 0.828. The summed E-state index contributed by atoms with van der Waals surface area (Å²) < 4.78 is 0. The molecule has 0 bridgehead atoms. The molecule has 0 aromatic rings. The Morgan fingerprint density at radius 3 is 2.73 bits per heavy atom. The molecular formula is C19H26O3. The second-order valence-electron chi connectivity index (χ2n) is 8.55. The number of rotatable bonds is 0. The first-order valence-corrected chi connectivity index (χ1v) is 8.80. The van der Waals surface area contributed by atoms with Crippen molar-refractivity contribution >= 4 is 11.6 Å². The van der Waals surface area contributed by atoms with Crippen LogP contribution in [0.4, 0.5) is 0 Å². The SMILES string of the molecule is CC12CC(=O)C3C(CC=C4CC(O)CCC43C)C1CCC2=O. The predicted molar refractivity (Wildman–Crippen MR) is 83.1 cm³/mol. The molecule has 3 heteroatoms. The van der Waals surface area contributed by atoms with Crippen LogP contribution < -0.4 is 0 Å². The molecule has 0 saturated heterocycles. The Balaban J connectivity index is 1.76. The number of carbonyl (C=O) groups excluding carboxylic acids is 2. The Hall–Kier alpha value is -0.960. The molecule has 4 aliphatic rings. The number of carbonyl (C=O) groups is 2. The minimum absolute atomic E-state index is 0.0731. The van der Waals surface area contributed by atoms with Crippen molar-refractivity contribution in [2.24, 2.45) is 28.6 Å². The van der Waals surface area contributed by atoms with E-state index in [0.29, 0.717) is 36.2 Å². The highest BCUT2D eigenvalue weighted by atomic mass is 16.3. The van der Waals surface area contributed by atoms with Gasteiger partial charge in [-0.25, -0.2) is 0 Å². The molecular weight excluding hydrogens is 276 g/mol. The van der Waals surface area contributed by atoms with Gasteiger partial charge in [-0.05, 0) is 49.4 Å². The highest BCUT2D eigenvalue weighted by molar-refractivity contribution is 5.95. The minimum Gasteiger partial charge on any atom is -0.393 e. The molecule has 6 atom stereocenters. The van der Waals surface area contributed by atoms with Gasteiger partial charge in [0.1, 0.15) is 11.6 Å². The molecule has 3 fully saturated rings. The summed E-state index contributed by atoms with van der Waals surface area (Å²) in [6, 6.07) is 0. The van der Waals surface area contributed by atoms with Gasteiger partial charge in [-0.2, -0.15) is 0 Å². The third-order valence-corrected chi connectivity index (χ3v) is 7.48. The topological polar surface area (TPSA) is 54.4 Å². The predicted octanol–water partition coefficient (Wildman–Crippen LogP) is 3.06. The van der Waals surface area contributed by atoms with Gasteiger partial charge in [-0.3, -0.25) is 9.59 Å². The maximum atomic E-state index is 13.0. The first kappa shape index (κ1) is 14.6. The molecule has 6 unspecified atom stereocenters. The maximum absolute atomic E-state index is 13.0. The standard InChI is InChI=1S/C19H26O3/c1-18-8-7-12(20)9-11(18)3-4-13-14-5-6-16(22)19(14,2)10-15(21)17(13)18/h3,12-14,17,20H,4-10H2,1-2H3. The number of hydrogen-bond donors (Lipinski definition) is 1. The summed E-state index contributed by atoms with van der Waals surface area (Å²) in [6.07, 6.45) is 7.47. The van der Waals surface area contributed by atoms with Gasteiger partial charge in [-0.15, -0.1) is 0 Å². The van der Waals surface area contributed by atoms with E-state index in [4.69, 9.17) is 0 Å². The van der Waals surface area contributed by atoms with Crippen LogP contribution in [0, 0.1) is 28.6 Å². The zero-order chi connectivity index (χ0) is 15.7.